The molecule has 0 bridgehead atoms. The Morgan fingerprint density at radius 1 is 1.19 bits per heavy atom. The molecule has 2 aliphatic heterocycles. The van der Waals surface area contributed by atoms with E-state index in [1.54, 1.807) is 6.92 Å². The fraction of sp³-hybridized carbons (Fsp3) is 0.375. The summed E-state index contributed by atoms with van der Waals surface area (Å²) in [6.45, 7) is 3.79. The minimum absolute atomic E-state index is 0.0427. The smallest absolute Gasteiger partial charge is 0.222 e. The molecule has 0 spiro atoms. The number of rotatable bonds is 1. The van der Waals surface area contributed by atoms with E-state index in [-0.39, 0.29) is 5.88 Å². The molecule has 2 aromatic rings. The van der Waals surface area contributed by atoms with Crippen LogP contribution < -0.4 is 4.74 Å². The molecular formula is C16H16N2O3. The third kappa shape index (κ3) is 1.96. The number of fused-ring (bicyclic) bond motifs is 3. The lowest BCUT2D eigenvalue weighted by atomic mass is 9.95. The van der Waals surface area contributed by atoms with Crippen LogP contribution in [0.25, 0.3) is 16.5 Å². The van der Waals surface area contributed by atoms with Crippen molar-refractivity contribution in [1.82, 2.24) is 9.97 Å². The molecule has 0 aliphatic carbocycles. The first-order chi connectivity index (χ1) is 10.2. The van der Waals surface area contributed by atoms with Gasteiger partial charge in [-0.3, -0.25) is 0 Å². The van der Waals surface area contributed by atoms with Gasteiger partial charge in [0.1, 0.15) is 11.6 Å². The van der Waals surface area contributed by atoms with E-state index in [2.05, 4.69) is 16.0 Å². The van der Waals surface area contributed by atoms with Crippen molar-refractivity contribution in [2.45, 2.75) is 19.8 Å². The van der Waals surface area contributed by atoms with Crippen molar-refractivity contribution >= 4 is 16.5 Å². The van der Waals surface area contributed by atoms with Crippen LogP contribution >= 0.6 is 0 Å². The fourth-order valence-electron chi connectivity index (χ4n) is 3.07. The summed E-state index contributed by atoms with van der Waals surface area (Å²) in [5.41, 5.74) is 4.14. The van der Waals surface area contributed by atoms with E-state index in [1.807, 2.05) is 6.07 Å². The van der Waals surface area contributed by atoms with Gasteiger partial charge in [-0.2, -0.15) is 4.98 Å². The van der Waals surface area contributed by atoms with E-state index >= 15 is 0 Å². The molecule has 108 valence electrons. The van der Waals surface area contributed by atoms with E-state index in [0.29, 0.717) is 24.4 Å². The maximum atomic E-state index is 10.2. The highest BCUT2D eigenvalue weighted by Crippen LogP contribution is 2.41. The van der Waals surface area contributed by atoms with E-state index < -0.39 is 0 Å². The van der Waals surface area contributed by atoms with Crippen molar-refractivity contribution < 1.29 is 14.6 Å². The first kappa shape index (κ1) is 12.6. The number of benzene rings is 1. The third-order valence-electron chi connectivity index (χ3n) is 4.04. The summed E-state index contributed by atoms with van der Waals surface area (Å²) in [5, 5.41) is 10.9. The fourth-order valence-corrected chi connectivity index (χ4v) is 3.07. The lowest BCUT2D eigenvalue weighted by molar-refractivity contribution is 0.161. The molecule has 3 heterocycles. The predicted octanol–water partition coefficient (Wildman–Crippen LogP) is 2.38. The second-order valence-electron chi connectivity index (χ2n) is 5.38. The summed E-state index contributed by atoms with van der Waals surface area (Å²) in [5.74, 6) is 1.53. The number of hydrogen-bond acceptors (Lipinski definition) is 5. The summed E-state index contributed by atoms with van der Waals surface area (Å²) in [7, 11) is 0. The highest BCUT2D eigenvalue weighted by atomic mass is 16.5. The number of aryl methyl sites for hydroxylation is 1. The molecule has 0 saturated carbocycles. The maximum absolute atomic E-state index is 10.2. The maximum Gasteiger partial charge on any atom is 0.222 e. The number of ether oxygens (including phenoxy) is 2. The Kier molecular flexibility index (Phi) is 2.82. The average molecular weight is 284 g/mol. The van der Waals surface area contributed by atoms with Crippen molar-refractivity contribution in [2.24, 2.45) is 0 Å². The molecule has 0 atom stereocenters. The molecule has 0 amide bonds. The van der Waals surface area contributed by atoms with Crippen LogP contribution in [0.2, 0.25) is 0 Å². The van der Waals surface area contributed by atoms with E-state index in [9.17, 15) is 5.11 Å². The van der Waals surface area contributed by atoms with Gasteiger partial charge in [-0.05, 0) is 25.0 Å². The standard InChI is InChI=1S/C16H16N2O3/c1-9-17-14-11-4-7-21-15(11)12(8-13(14)16(19)18-9)10-2-5-20-6-3-10/h2,8H,3-7H2,1H3,(H,17,18,19). The lowest BCUT2D eigenvalue weighted by Gasteiger charge is -2.17. The number of aromatic nitrogens is 2. The van der Waals surface area contributed by atoms with Crippen LogP contribution in [-0.2, 0) is 11.2 Å². The SMILES string of the molecule is Cc1nc(O)c2cc(C3=CCOCC3)c3c(c2n1)CCO3. The van der Waals surface area contributed by atoms with Crippen molar-refractivity contribution in [1.29, 1.82) is 0 Å². The Morgan fingerprint density at radius 3 is 2.90 bits per heavy atom. The van der Waals surface area contributed by atoms with Crippen LogP contribution in [0.3, 0.4) is 0 Å². The molecule has 5 heteroatoms. The molecule has 1 aromatic carbocycles. The lowest BCUT2D eigenvalue weighted by Crippen LogP contribution is -2.05. The summed E-state index contributed by atoms with van der Waals surface area (Å²) >= 11 is 0. The minimum Gasteiger partial charge on any atom is -0.493 e. The van der Waals surface area contributed by atoms with Crippen molar-refractivity contribution in [3.63, 3.8) is 0 Å². The molecule has 0 radical (unpaired) electrons. The molecule has 5 nitrogen and oxygen atoms in total. The Morgan fingerprint density at radius 2 is 2.10 bits per heavy atom. The van der Waals surface area contributed by atoms with Crippen LogP contribution in [0.4, 0.5) is 0 Å². The van der Waals surface area contributed by atoms with Gasteiger partial charge >= 0.3 is 0 Å². The molecule has 4 rings (SSSR count). The first-order valence-electron chi connectivity index (χ1n) is 7.17. The first-order valence-corrected chi connectivity index (χ1v) is 7.17. The zero-order chi connectivity index (χ0) is 14.4. The molecule has 2 aliphatic rings. The van der Waals surface area contributed by atoms with Gasteiger partial charge in [0.05, 0.1) is 30.7 Å². The van der Waals surface area contributed by atoms with Gasteiger partial charge in [0.25, 0.3) is 0 Å². The zero-order valence-corrected chi connectivity index (χ0v) is 11.8. The second-order valence-corrected chi connectivity index (χ2v) is 5.38. The molecule has 1 aromatic heterocycles. The topological polar surface area (TPSA) is 64.5 Å². The molecule has 0 fully saturated rings. The third-order valence-corrected chi connectivity index (χ3v) is 4.04. The van der Waals surface area contributed by atoms with Gasteiger partial charge in [-0.15, -0.1) is 0 Å². The van der Waals surface area contributed by atoms with Crippen LogP contribution in [0.5, 0.6) is 11.6 Å². The minimum atomic E-state index is 0.0427. The largest absolute Gasteiger partial charge is 0.493 e. The van der Waals surface area contributed by atoms with Gasteiger partial charge in [-0.1, -0.05) is 6.08 Å². The number of nitrogens with zero attached hydrogens (tertiary/aromatic N) is 2. The van der Waals surface area contributed by atoms with Crippen LogP contribution in [0.15, 0.2) is 12.1 Å². The predicted molar refractivity (Wildman–Crippen MR) is 78.6 cm³/mol. The van der Waals surface area contributed by atoms with E-state index in [1.165, 1.54) is 5.57 Å². The van der Waals surface area contributed by atoms with Crippen LogP contribution in [0, 0.1) is 6.92 Å². The summed E-state index contributed by atoms with van der Waals surface area (Å²) in [6.07, 6.45) is 3.76. The molecule has 0 saturated heterocycles. The van der Waals surface area contributed by atoms with Gasteiger partial charge < -0.3 is 14.6 Å². The van der Waals surface area contributed by atoms with Crippen molar-refractivity contribution in [3.8, 4) is 11.6 Å². The zero-order valence-electron chi connectivity index (χ0n) is 11.8. The molecule has 21 heavy (non-hydrogen) atoms. The average Bonchev–Trinajstić information content (AvgIpc) is 2.97. The quantitative estimate of drug-likeness (QED) is 0.871. The molecule has 1 N–H and O–H groups in total. The van der Waals surface area contributed by atoms with E-state index in [0.717, 1.165) is 41.8 Å². The Bertz CT molecular complexity index is 768. The van der Waals surface area contributed by atoms with Crippen molar-refractivity contribution in [2.75, 3.05) is 19.8 Å². The molecule has 0 unspecified atom stereocenters. The van der Waals surface area contributed by atoms with Crippen LogP contribution in [-0.4, -0.2) is 34.9 Å². The summed E-state index contributed by atoms with van der Waals surface area (Å²) in [6, 6.07) is 1.95. The Hall–Kier alpha value is -2.14. The summed E-state index contributed by atoms with van der Waals surface area (Å²) < 4.78 is 11.2. The van der Waals surface area contributed by atoms with Gasteiger partial charge in [0, 0.05) is 17.5 Å². The molecular weight excluding hydrogens is 268 g/mol. The summed E-state index contributed by atoms with van der Waals surface area (Å²) in [4.78, 5) is 8.57. The Labute approximate surface area is 122 Å². The Balaban J connectivity index is 2.02. The highest BCUT2D eigenvalue weighted by Gasteiger charge is 2.25. The second kappa shape index (κ2) is 4.70. The van der Waals surface area contributed by atoms with Gasteiger partial charge in [-0.25, -0.2) is 4.98 Å². The van der Waals surface area contributed by atoms with Gasteiger partial charge in [0.2, 0.25) is 5.88 Å². The van der Waals surface area contributed by atoms with Gasteiger partial charge in [0.15, 0.2) is 0 Å². The monoisotopic (exact) mass is 284 g/mol. The number of aromatic hydroxyl groups is 1. The highest BCUT2D eigenvalue weighted by molar-refractivity contribution is 5.93. The normalized spacial score (nSPS) is 17.5. The van der Waals surface area contributed by atoms with Crippen LogP contribution in [0.1, 0.15) is 23.4 Å². The van der Waals surface area contributed by atoms with Crippen molar-refractivity contribution in [3.05, 3.63) is 29.1 Å². The number of hydrogen-bond donors (Lipinski definition) is 1. The van der Waals surface area contributed by atoms with E-state index in [4.69, 9.17) is 9.47 Å².